The van der Waals surface area contributed by atoms with Gasteiger partial charge in [-0.1, -0.05) is 56.5 Å². The van der Waals surface area contributed by atoms with Gasteiger partial charge < -0.3 is 0 Å². The van der Waals surface area contributed by atoms with E-state index in [1.54, 1.807) is 0 Å². The van der Waals surface area contributed by atoms with Gasteiger partial charge >= 0.3 is 0 Å². The summed E-state index contributed by atoms with van der Waals surface area (Å²) in [5, 5.41) is 1.17. The highest BCUT2D eigenvalue weighted by Gasteiger charge is 2.27. The predicted molar refractivity (Wildman–Crippen MR) is 65.5 cm³/mol. The van der Waals surface area contributed by atoms with Gasteiger partial charge in [0.1, 0.15) is 0 Å². The highest BCUT2D eigenvalue weighted by atomic mass is 79.9. The van der Waals surface area contributed by atoms with Gasteiger partial charge in [-0.05, 0) is 30.6 Å². The molecule has 0 radical (unpaired) electrons. The average molecular weight is 249 g/mol. The van der Waals surface area contributed by atoms with Crippen LogP contribution in [0.15, 0.2) is 0 Å². The molecule has 0 atom stereocenters. The molecule has 0 saturated carbocycles. The van der Waals surface area contributed by atoms with Crippen molar-refractivity contribution >= 4 is 15.9 Å². The Morgan fingerprint density at radius 1 is 1.00 bits per heavy atom. The molecule has 0 fully saturated rings. The first kappa shape index (κ1) is 13.5. The maximum atomic E-state index is 3.68. The standard InChI is InChI=1S/C12H25Br/c1-5-11(6-2)9-12(7-3,8-4)10-13/h11H,5-10H2,1-4H3. The zero-order valence-electron chi connectivity index (χ0n) is 9.70. The van der Waals surface area contributed by atoms with Gasteiger partial charge in [0.05, 0.1) is 0 Å². The van der Waals surface area contributed by atoms with Crippen molar-refractivity contribution in [1.29, 1.82) is 0 Å². The van der Waals surface area contributed by atoms with Gasteiger partial charge in [0.15, 0.2) is 0 Å². The molecule has 0 nitrogen and oxygen atoms in total. The van der Waals surface area contributed by atoms with Crippen LogP contribution in [0.1, 0.15) is 59.8 Å². The fourth-order valence-corrected chi connectivity index (χ4v) is 2.99. The minimum Gasteiger partial charge on any atom is -0.0922 e. The summed E-state index contributed by atoms with van der Waals surface area (Å²) in [5.74, 6) is 0.928. The van der Waals surface area contributed by atoms with Crippen LogP contribution in [0.3, 0.4) is 0 Å². The first-order valence-electron chi connectivity index (χ1n) is 5.73. The zero-order valence-corrected chi connectivity index (χ0v) is 11.3. The van der Waals surface area contributed by atoms with Gasteiger partial charge in [-0.25, -0.2) is 0 Å². The minimum atomic E-state index is 0.566. The first-order chi connectivity index (χ1) is 6.17. The lowest BCUT2D eigenvalue weighted by molar-refractivity contribution is 0.221. The fourth-order valence-electron chi connectivity index (χ4n) is 1.97. The lowest BCUT2D eigenvalue weighted by Crippen LogP contribution is -2.24. The Bertz CT molecular complexity index is 104. The van der Waals surface area contributed by atoms with Crippen LogP contribution in [-0.2, 0) is 0 Å². The number of halogens is 1. The van der Waals surface area contributed by atoms with Crippen LogP contribution in [0.2, 0.25) is 0 Å². The number of rotatable bonds is 7. The summed E-state index contributed by atoms with van der Waals surface area (Å²) >= 11 is 3.68. The fraction of sp³-hybridized carbons (Fsp3) is 1.00. The molecular weight excluding hydrogens is 224 g/mol. The SMILES string of the molecule is CCC(CC)CC(CC)(CC)CBr. The van der Waals surface area contributed by atoms with Crippen LogP contribution < -0.4 is 0 Å². The molecule has 0 aromatic carbocycles. The molecule has 1 heteroatoms. The van der Waals surface area contributed by atoms with Crippen molar-refractivity contribution in [3.05, 3.63) is 0 Å². The summed E-state index contributed by atoms with van der Waals surface area (Å²) in [7, 11) is 0. The van der Waals surface area contributed by atoms with E-state index in [1.165, 1.54) is 37.4 Å². The van der Waals surface area contributed by atoms with Gasteiger partial charge in [0.25, 0.3) is 0 Å². The van der Waals surface area contributed by atoms with Gasteiger partial charge in [-0.15, -0.1) is 0 Å². The molecule has 80 valence electrons. The summed E-state index contributed by atoms with van der Waals surface area (Å²) in [5.41, 5.74) is 0.566. The van der Waals surface area contributed by atoms with Crippen molar-refractivity contribution in [3.8, 4) is 0 Å². The van der Waals surface area contributed by atoms with E-state index in [1.807, 2.05) is 0 Å². The summed E-state index contributed by atoms with van der Waals surface area (Å²) in [6.45, 7) is 9.29. The second-order valence-electron chi connectivity index (χ2n) is 4.23. The normalized spacial score (nSPS) is 12.5. The van der Waals surface area contributed by atoms with Crippen molar-refractivity contribution in [2.75, 3.05) is 5.33 Å². The summed E-state index contributed by atoms with van der Waals surface area (Å²) in [4.78, 5) is 0. The Balaban J connectivity index is 4.21. The van der Waals surface area contributed by atoms with E-state index in [2.05, 4.69) is 43.6 Å². The average Bonchev–Trinajstić information content (AvgIpc) is 2.21. The third-order valence-corrected chi connectivity index (χ3v) is 4.85. The van der Waals surface area contributed by atoms with E-state index in [4.69, 9.17) is 0 Å². The molecule has 0 spiro atoms. The van der Waals surface area contributed by atoms with Gasteiger partial charge in [0, 0.05) is 5.33 Å². The summed E-state index contributed by atoms with van der Waals surface area (Å²) in [6.07, 6.45) is 6.70. The van der Waals surface area contributed by atoms with Gasteiger partial charge in [0.2, 0.25) is 0 Å². The summed E-state index contributed by atoms with van der Waals surface area (Å²) < 4.78 is 0. The quantitative estimate of drug-likeness (QED) is 0.556. The van der Waals surface area contributed by atoms with Gasteiger partial charge in [-0.2, -0.15) is 0 Å². The third kappa shape index (κ3) is 4.01. The van der Waals surface area contributed by atoms with Crippen molar-refractivity contribution in [2.45, 2.75) is 59.8 Å². The lowest BCUT2D eigenvalue weighted by atomic mass is 9.75. The molecule has 0 N–H and O–H groups in total. The van der Waals surface area contributed by atoms with Crippen LogP contribution in [0.25, 0.3) is 0 Å². The smallest absolute Gasteiger partial charge is 0.00878 e. The highest BCUT2D eigenvalue weighted by Crippen LogP contribution is 2.37. The molecule has 0 aliphatic heterocycles. The maximum Gasteiger partial charge on any atom is 0.00878 e. The molecular formula is C12H25Br. The number of hydrogen-bond donors (Lipinski definition) is 0. The van der Waals surface area contributed by atoms with E-state index in [9.17, 15) is 0 Å². The molecule has 13 heavy (non-hydrogen) atoms. The van der Waals surface area contributed by atoms with E-state index in [-0.39, 0.29) is 0 Å². The van der Waals surface area contributed by atoms with Crippen LogP contribution in [0, 0.1) is 11.3 Å². The maximum absolute atomic E-state index is 3.68. The van der Waals surface area contributed by atoms with Crippen LogP contribution in [-0.4, -0.2) is 5.33 Å². The van der Waals surface area contributed by atoms with Crippen molar-refractivity contribution in [1.82, 2.24) is 0 Å². The monoisotopic (exact) mass is 248 g/mol. The Morgan fingerprint density at radius 3 is 1.69 bits per heavy atom. The van der Waals surface area contributed by atoms with E-state index < -0.39 is 0 Å². The Hall–Kier alpha value is 0.480. The first-order valence-corrected chi connectivity index (χ1v) is 6.86. The topological polar surface area (TPSA) is 0 Å². The second kappa shape index (κ2) is 6.86. The van der Waals surface area contributed by atoms with Crippen molar-refractivity contribution in [3.63, 3.8) is 0 Å². The lowest BCUT2D eigenvalue weighted by Gasteiger charge is -2.33. The van der Waals surface area contributed by atoms with Gasteiger partial charge in [-0.3, -0.25) is 0 Å². The molecule has 0 aromatic rings. The van der Waals surface area contributed by atoms with E-state index in [0.717, 1.165) is 5.92 Å². The van der Waals surface area contributed by atoms with E-state index >= 15 is 0 Å². The third-order valence-electron chi connectivity index (χ3n) is 3.66. The molecule has 0 saturated heterocycles. The number of alkyl halides is 1. The molecule has 0 aromatic heterocycles. The molecule has 0 aliphatic carbocycles. The highest BCUT2D eigenvalue weighted by molar-refractivity contribution is 9.09. The van der Waals surface area contributed by atoms with Crippen LogP contribution in [0.5, 0.6) is 0 Å². The molecule has 0 unspecified atom stereocenters. The predicted octanol–water partition coefficient (Wildman–Crippen LogP) is 5.01. The number of hydrogen-bond acceptors (Lipinski definition) is 0. The minimum absolute atomic E-state index is 0.566. The largest absolute Gasteiger partial charge is 0.0922 e. The van der Waals surface area contributed by atoms with Crippen molar-refractivity contribution < 1.29 is 0 Å². The molecule has 0 amide bonds. The van der Waals surface area contributed by atoms with Crippen molar-refractivity contribution in [2.24, 2.45) is 11.3 Å². The summed E-state index contributed by atoms with van der Waals surface area (Å²) in [6, 6.07) is 0. The Kier molecular flexibility index (Phi) is 7.12. The molecule has 0 rings (SSSR count). The molecule has 0 aliphatic rings. The Labute approximate surface area is 92.6 Å². The zero-order chi connectivity index (χ0) is 10.3. The molecule has 0 bridgehead atoms. The second-order valence-corrected chi connectivity index (χ2v) is 4.79. The van der Waals surface area contributed by atoms with Crippen LogP contribution in [0.4, 0.5) is 0 Å². The van der Waals surface area contributed by atoms with E-state index in [0.29, 0.717) is 5.41 Å². The Morgan fingerprint density at radius 2 is 1.46 bits per heavy atom. The van der Waals surface area contributed by atoms with Crippen LogP contribution >= 0.6 is 15.9 Å². The molecule has 0 heterocycles.